The minimum Gasteiger partial charge on any atom is -0.493 e. The number of fused-ring (bicyclic) bond motifs is 1. The molecule has 1 fully saturated rings. The Morgan fingerprint density at radius 2 is 1.78 bits per heavy atom. The summed E-state index contributed by atoms with van der Waals surface area (Å²) in [5.74, 6) is 0.269. The zero-order chi connectivity index (χ0) is 27.1. The summed E-state index contributed by atoms with van der Waals surface area (Å²) in [6.07, 6.45) is -2.89. The third-order valence-electron chi connectivity index (χ3n) is 6.96. The van der Waals surface area contributed by atoms with E-state index in [4.69, 9.17) is 19.9 Å². The van der Waals surface area contributed by atoms with Gasteiger partial charge >= 0.3 is 6.18 Å². The van der Waals surface area contributed by atoms with Gasteiger partial charge in [-0.05, 0) is 51.8 Å². The molecular weight excluding hydrogens is 492 g/mol. The molecule has 0 bridgehead atoms. The normalized spacial score (nSPS) is 16.4. The molecule has 1 aliphatic rings. The Bertz CT molecular complexity index is 1310. The van der Waals surface area contributed by atoms with Gasteiger partial charge in [0, 0.05) is 35.2 Å². The molecule has 3 N–H and O–H groups in total. The van der Waals surface area contributed by atoms with Crippen LogP contribution in [0.15, 0.2) is 24.3 Å². The van der Waals surface area contributed by atoms with Gasteiger partial charge in [0.2, 0.25) is 0 Å². The van der Waals surface area contributed by atoms with Gasteiger partial charge < -0.3 is 25.3 Å². The number of nitrogens with one attached hydrogen (secondary N) is 1. The number of benzene rings is 2. The van der Waals surface area contributed by atoms with Gasteiger partial charge in [-0.1, -0.05) is 0 Å². The van der Waals surface area contributed by atoms with E-state index >= 15 is 0 Å². The van der Waals surface area contributed by atoms with Crippen LogP contribution in [0.4, 0.5) is 29.1 Å². The van der Waals surface area contributed by atoms with E-state index in [2.05, 4.69) is 15.3 Å². The minimum absolute atomic E-state index is 0.0257. The minimum atomic E-state index is -4.88. The Balaban J connectivity index is 1.71. The first-order valence-electron chi connectivity index (χ1n) is 11.8. The zero-order valence-corrected chi connectivity index (χ0v) is 21.3. The molecule has 4 rings (SSSR count). The van der Waals surface area contributed by atoms with E-state index in [9.17, 15) is 17.6 Å². The van der Waals surface area contributed by atoms with Gasteiger partial charge in [0.05, 0.1) is 36.9 Å². The van der Waals surface area contributed by atoms with Crippen LogP contribution in [-0.2, 0) is 10.9 Å². The summed E-state index contributed by atoms with van der Waals surface area (Å²) in [7, 11) is 3.19. The first-order chi connectivity index (χ1) is 17.4. The largest absolute Gasteiger partial charge is 0.493 e. The van der Waals surface area contributed by atoms with Crippen LogP contribution in [-0.4, -0.2) is 36.9 Å². The highest BCUT2D eigenvalue weighted by molar-refractivity contribution is 5.92. The first-order valence-corrected chi connectivity index (χ1v) is 11.8. The molecule has 2 atom stereocenters. The number of hydrogen-bond acceptors (Lipinski definition) is 7. The fourth-order valence-corrected chi connectivity index (χ4v) is 4.41. The molecule has 1 aromatic heterocycles. The van der Waals surface area contributed by atoms with Crippen molar-refractivity contribution in [2.75, 3.05) is 31.9 Å². The molecule has 0 amide bonds. The van der Waals surface area contributed by atoms with Crippen molar-refractivity contribution < 1.29 is 31.8 Å². The van der Waals surface area contributed by atoms with Gasteiger partial charge in [0.25, 0.3) is 0 Å². The number of hydrogen-bond donors (Lipinski definition) is 2. The number of alkyl halides is 3. The standard InChI is InChI=1S/C26H30F4N4O3/c1-13(17-8-16(31)9-19(23(17)27)26(28,29)30)32-24-18-10-22(37-12-25(6-7-25)14(2)35-4)21(36-5)11-20(18)33-15(3)34-24/h8-11,13-14H,6-7,12,31H2,1-5H3,(H,32,33,34)/t13-,14-/m1/s1. The number of nitrogens with zero attached hydrogens (tertiary/aromatic N) is 2. The lowest BCUT2D eigenvalue weighted by Gasteiger charge is -2.23. The van der Waals surface area contributed by atoms with Crippen molar-refractivity contribution in [3.63, 3.8) is 0 Å². The summed E-state index contributed by atoms with van der Waals surface area (Å²) in [5, 5.41) is 3.58. The van der Waals surface area contributed by atoms with E-state index in [1.54, 1.807) is 26.2 Å². The molecule has 1 saturated carbocycles. The summed E-state index contributed by atoms with van der Waals surface area (Å²) in [6, 6.07) is 4.29. The molecule has 0 saturated heterocycles. The smallest absolute Gasteiger partial charge is 0.419 e. The first kappa shape index (κ1) is 26.7. The van der Waals surface area contributed by atoms with Gasteiger partial charge in [-0.3, -0.25) is 0 Å². The highest BCUT2D eigenvalue weighted by atomic mass is 19.4. The molecule has 0 unspecified atom stereocenters. The SMILES string of the molecule is COc1cc2nc(C)nc(N[C@H](C)c3cc(N)cc(C(F)(F)F)c3F)c2cc1OCC1([C@@H](C)OC)CC1. The van der Waals surface area contributed by atoms with E-state index in [0.717, 1.165) is 12.8 Å². The molecular formula is C26H30F4N4O3. The monoisotopic (exact) mass is 522 g/mol. The molecule has 2 aromatic carbocycles. The van der Waals surface area contributed by atoms with Crippen molar-refractivity contribution in [1.82, 2.24) is 9.97 Å². The van der Waals surface area contributed by atoms with Crippen molar-refractivity contribution in [3.8, 4) is 11.5 Å². The lowest BCUT2D eigenvalue weighted by Crippen LogP contribution is -2.27. The van der Waals surface area contributed by atoms with Crippen molar-refractivity contribution in [1.29, 1.82) is 0 Å². The lowest BCUT2D eigenvalue weighted by molar-refractivity contribution is -0.140. The number of ether oxygens (including phenoxy) is 3. The van der Waals surface area contributed by atoms with Crippen LogP contribution in [0.5, 0.6) is 11.5 Å². The van der Waals surface area contributed by atoms with Crippen molar-refractivity contribution in [2.45, 2.75) is 51.9 Å². The van der Waals surface area contributed by atoms with Crippen LogP contribution in [0.2, 0.25) is 0 Å². The third kappa shape index (κ3) is 5.36. The highest BCUT2D eigenvalue weighted by Crippen LogP contribution is 2.50. The number of nitrogen functional groups attached to an aromatic ring is 1. The van der Waals surface area contributed by atoms with Crippen LogP contribution in [0.1, 0.15) is 49.7 Å². The quantitative estimate of drug-likeness (QED) is 0.261. The number of halogens is 4. The van der Waals surface area contributed by atoms with E-state index in [1.807, 2.05) is 6.92 Å². The predicted octanol–water partition coefficient (Wildman–Crippen LogP) is 6.05. The van der Waals surface area contributed by atoms with Gasteiger partial charge in [0.15, 0.2) is 11.5 Å². The summed E-state index contributed by atoms with van der Waals surface area (Å²) in [6.45, 7) is 5.64. The Hall–Kier alpha value is -3.34. The van der Waals surface area contributed by atoms with Gasteiger partial charge in [-0.2, -0.15) is 13.2 Å². The Kier molecular flexibility index (Phi) is 7.11. The number of aromatic nitrogens is 2. The van der Waals surface area contributed by atoms with Crippen LogP contribution < -0.4 is 20.5 Å². The number of nitrogens with two attached hydrogens (primary N) is 1. The van der Waals surface area contributed by atoms with Crippen LogP contribution >= 0.6 is 0 Å². The lowest BCUT2D eigenvalue weighted by atomic mass is 10.0. The van der Waals surface area contributed by atoms with Gasteiger partial charge in [0.1, 0.15) is 17.5 Å². The van der Waals surface area contributed by atoms with E-state index < -0.39 is 23.6 Å². The molecule has 37 heavy (non-hydrogen) atoms. The number of aryl methyl sites for hydroxylation is 1. The molecule has 200 valence electrons. The average molecular weight is 523 g/mol. The molecule has 1 heterocycles. The molecule has 1 aliphatic carbocycles. The molecule has 7 nitrogen and oxygen atoms in total. The summed E-state index contributed by atoms with van der Waals surface area (Å²) >= 11 is 0. The molecule has 11 heteroatoms. The topological polar surface area (TPSA) is 91.5 Å². The molecule has 3 aromatic rings. The summed E-state index contributed by atoms with van der Waals surface area (Å²) in [4.78, 5) is 8.89. The second-order valence-electron chi connectivity index (χ2n) is 9.50. The van der Waals surface area contributed by atoms with Crippen molar-refractivity contribution in [3.05, 3.63) is 47.0 Å². The van der Waals surface area contributed by atoms with Crippen molar-refractivity contribution in [2.24, 2.45) is 5.41 Å². The van der Waals surface area contributed by atoms with E-state index in [-0.39, 0.29) is 22.8 Å². The average Bonchev–Trinajstić information content (AvgIpc) is 3.63. The molecule has 0 radical (unpaired) electrons. The van der Waals surface area contributed by atoms with Crippen LogP contribution in [0, 0.1) is 18.2 Å². The molecule has 0 aliphatic heterocycles. The Morgan fingerprint density at radius 1 is 1.08 bits per heavy atom. The number of methoxy groups -OCH3 is 2. The maximum atomic E-state index is 14.9. The number of anilines is 2. The van der Waals surface area contributed by atoms with E-state index in [1.165, 1.54) is 20.1 Å². The Morgan fingerprint density at radius 3 is 2.38 bits per heavy atom. The number of rotatable bonds is 9. The fourth-order valence-electron chi connectivity index (χ4n) is 4.41. The van der Waals surface area contributed by atoms with Crippen LogP contribution in [0.3, 0.4) is 0 Å². The molecule has 0 spiro atoms. The second kappa shape index (κ2) is 9.85. The predicted molar refractivity (Wildman–Crippen MR) is 132 cm³/mol. The maximum Gasteiger partial charge on any atom is 0.419 e. The maximum absolute atomic E-state index is 14.9. The van der Waals surface area contributed by atoms with Crippen molar-refractivity contribution >= 4 is 22.4 Å². The second-order valence-corrected chi connectivity index (χ2v) is 9.50. The Labute approximate surface area is 212 Å². The third-order valence-corrected chi connectivity index (χ3v) is 6.96. The fraction of sp³-hybridized carbons (Fsp3) is 0.462. The van der Waals surface area contributed by atoms with Crippen LogP contribution in [0.25, 0.3) is 10.9 Å². The summed E-state index contributed by atoms with van der Waals surface area (Å²) in [5.41, 5.74) is 4.28. The van der Waals surface area contributed by atoms with E-state index in [0.29, 0.717) is 46.7 Å². The van der Waals surface area contributed by atoms with Gasteiger partial charge in [-0.25, -0.2) is 14.4 Å². The summed E-state index contributed by atoms with van der Waals surface area (Å²) < 4.78 is 72.1. The highest BCUT2D eigenvalue weighted by Gasteiger charge is 2.49. The zero-order valence-electron chi connectivity index (χ0n) is 21.3. The van der Waals surface area contributed by atoms with Gasteiger partial charge in [-0.15, -0.1) is 0 Å².